The number of esters is 1. The third-order valence-corrected chi connectivity index (χ3v) is 2.89. The SMILES string of the molecule is CCOC(=O)c1ccc(Cl)c2c1C[C@H](OC)O2. The Morgan fingerprint density at radius 3 is 3.00 bits per heavy atom. The van der Waals surface area contributed by atoms with Crippen molar-refractivity contribution in [2.45, 2.75) is 19.6 Å². The molecule has 1 heterocycles. The van der Waals surface area contributed by atoms with E-state index in [-0.39, 0.29) is 5.97 Å². The molecule has 2 rings (SSSR count). The van der Waals surface area contributed by atoms with Gasteiger partial charge in [-0.05, 0) is 19.1 Å². The van der Waals surface area contributed by atoms with Gasteiger partial charge in [0.1, 0.15) is 5.75 Å². The third kappa shape index (κ3) is 2.23. The van der Waals surface area contributed by atoms with E-state index in [1.165, 1.54) is 0 Å². The van der Waals surface area contributed by atoms with E-state index in [2.05, 4.69) is 0 Å². The van der Waals surface area contributed by atoms with Crippen LogP contribution in [0.15, 0.2) is 12.1 Å². The molecule has 0 unspecified atom stereocenters. The Labute approximate surface area is 104 Å². The van der Waals surface area contributed by atoms with Crippen LogP contribution in [-0.4, -0.2) is 26.0 Å². The lowest BCUT2D eigenvalue weighted by molar-refractivity contribution is -0.0367. The maximum absolute atomic E-state index is 11.7. The second kappa shape index (κ2) is 4.94. The fourth-order valence-corrected chi connectivity index (χ4v) is 2.02. The zero-order chi connectivity index (χ0) is 12.4. The van der Waals surface area contributed by atoms with Crippen molar-refractivity contribution >= 4 is 17.6 Å². The van der Waals surface area contributed by atoms with Gasteiger partial charge in [-0.1, -0.05) is 11.6 Å². The highest BCUT2D eigenvalue weighted by atomic mass is 35.5. The second-order valence-corrected chi connectivity index (χ2v) is 4.02. The molecule has 1 atom stereocenters. The van der Waals surface area contributed by atoms with E-state index in [0.717, 1.165) is 5.56 Å². The fourth-order valence-electron chi connectivity index (χ4n) is 1.80. The predicted molar refractivity (Wildman–Crippen MR) is 62.5 cm³/mol. The molecule has 1 aliphatic heterocycles. The molecule has 0 bridgehead atoms. The number of hydrogen-bond acceptors (Lipinski definition) is 4. The van der Waals surface area contributed by atoms with E-state index in [9.17, 15) is 4.79 Å². The summed E-state index contributed by atoms with van der Waals surface area (Å²) in [5.41, 5.74) is 1.24. The normalized spacial score (nSPS) is 17.5. The Kier molecular flexibility index (Phi) is 3.54. The Bertz CT molecular complexity index is 444. The number of ether oxygens (including phenoxy) is 3. The van der Waals surface area contributed by atoms with E-state index < -0.39 is 6.29 Å². The van der Waals surface area contributed by atoms with Gasteiger partial charge < -0.3 is 14.2 Å². The molecule has 0 saturated carbocycles. The lowest BCUT2D eigenvalue weighted by Crippen LogP contribution is -2.15. The second-order valence-electron chi connectivity index (χ2n) is 3.61. The number of hydrogen-bond donors (Lipinski definition) is 0. The van der Waals surface area contributed by atoms with Gasteiger partial charge in [0.2, 0.25) is 6.29 Å². The number of carbonyl (C=O) groups excluding carboxylic acids is 1. The lowest BCUT2D eigenvalue weighted by atomic mass is 10.0. The van der Waals surface area contributed by atoms with Crippen molar-refractivity contribution < 1.29 is 19.0 Å². The minimum atomic E-state index is -0.391. The van der Waals surface area contributed by atoms with Crippen molar-refractivity contribution in [3.63, 3.8) is 0 Å². The van der Waals surface area contributed by atoms with Crippen LogP contribution < -0.4 is 4.74 Å². The summed E-state index contributed by atoms with van der Waals surface area (Å²) in [6.45, 7) is 2.10. The van der Waals surface area contributed by atoms with Gasteiger partial charge in [0.05, 0.1) is 17.2 Å². The Morgan fingerprint density at radius 1 is 1.59 bits per heavy atom. The van der Waals surface area contributed by atoms with Gasteiger partial charge in [-0.25, -0.2) is 4.79 Å². The highest BCUT2D eigenvalue weighted by Crippen LogP contribution is 2.38. The molecule has 92 valence electrons. The maximum Gasteiger partial charge on any atom is 0.338 e. The van der Waals surface area contributed by atoms with Crippen LogP contribution >= 0.6 is 11.6 Å². The van der Waals surface area contributed by atoms with Gasteiger partial charge >= 0.3 is 5.97 Å². The monoisotopic (exact) mass is 256 g/mol. The summed E-state index contributed by atoms with van der Waals surface area (Å²) in [5.74, 6) is 0.157. The van der Waals surface area contributed by atoms with Crippen LogP contribution in [0, 0.1) is 0 Å². The molecule has 0 spiro atoms. The predicted octanol–water partition coefficient (Wildman–Crippen LogP) is 2.42. The minimum absolute atomic E-state index is 0.338. The number of methoxy groups -OCH3 is 1. The summed E-state index contributed by atoms with van der Waals surface area (Å²) in [6.07, 6.45) is 0.110. The Hall–Kier alpha value is -1.26. The molecule has 1 aromatic rings. The van der Waals surface area contributed by atoms with Crippen molar-refractivity contribution in [1.82, 2.24) is 0 Å². The van der Waals surface area contributed by atoms with Crippen LogP contribution in [0.4, 0.5) is 0 Å². The number of carbonyl (C=O) groups is 1. The average Bonchev–Trinajstić information content (AvgIpc) is 2.74. The smallest absolute Gasteiger partial charge is 0.338 e. The highest BCUT2D eigenvalue weighted by Gasteiger charge is 2.29. The first kappa shape index (κ1) is 12.2. The quantitative estimate of drug-likeness (QED) is 0.779. The molecular weight excluding hydrogens is 244 g/mol. The van der Waals surface area contributed by atoms with Crippen molar-refractivity contribution in [2.24, 2.45) is 0 Å². The zero-order valence-corrected chi connectivity index (χ0v) is 10.4. The van der Waals surface area contributed by atoms with Gasteiger partial charge in [-0.3, -0.25) is 0 Å². The maximum atomic E-state index is 11.7. The Balaban J connectivity index is 2.38. The van der Waals surface area contributed by atoms with Crippen LogP contribution in [0.3, 0.4) is 0 Å². The standard InChI is InChI=1S/C12H13ClO4/c1-3-16-12(14)7-4-5-9(13)11-8(7)6-10(15-2)17-11/h4-5,10H,3,6H2,1-2H3/t10-/m1/s1. The van der Waals surface area contributed by atoms with E-state index in [0.29, 0.717) is 29.4 Å². The molecule has 1 aliphatic rings. The summed E-state index contributed by atoms with van der Waals surface area (Å²) in [5, 5.41) is 0.479. The first-order valence-corrected chi connectivity index (χ1v) is 5.73. The summed E-state index contributed by atoms with van der Waals surface area (Å²) in [7, 11) is 1.55. The molecule has 17 heavy (non-hydrogen) atoms. The first-order valence-electron chi connectivity index (χ1n) is 5.35. The van der Waals surface area contributed by atoms with Crippen LogP contribution in [-0.2, 0) is 15.9 Å². The van der Waals surface area contributed by atoms with Crippen molar-refractivity contribution in [2.75, 3.05) is 13.7 Å². The van der Waals surface area contributed by atoms with Crippen LogP contribution in [0.5, 0.6) is 5.75 Å². The van der Waals surface area contributed by atoms with Gasteiger partial charge in [-0.15, -0.1) is 0 Å². The lowest BCUT2D eigenvalue weighted by Gasteiger charge is -2.08. The van der Waals surface area contributed by atoms with Gasteiger partial charge in [-0.2, -0.15) is 0 Å². The molecule has 0 aromatic heterocycles. The molecular formula is C12H13ClO4. The van der Waals surface area contributed by atoms with Gasteiger partial charge in [0.15, 0.2) is 0 Å². The molecule has 0 saturated heterocycles. The summed E-state index contributed by atoms with van der Waals surface area (Å²) in [6, 6.07) is 3.28. The fraction of sp³-hybridized carbons (Fsp3) is 0.417. The highest BCUT2D eigenvalue weighted by molar-refractivity contribution is 6.32. The van der Waals surface area contributed by atoms with Crippen LogP contribution in [0.2, 0.25) is 5.02 Å². The molecule has 1 aromatic carbocycles. The topological polar surface area (TPSA) is 44.8 Å². The van der Waals surface area contributed by atoms with Crippen LogP contribution in [0.1, 0.15) is 22.8 Å². The average molecular weight is 257 g/mol. The molecule has 0 N–H and O–H groups in total. The number of benzene rings is 1. The third-order valence-electron chi connectivity index (χ3n) is 2.59. The number of rotatable bonds is 3. The van der Waals surface area contributed by atoms with Gasteiger partial charge in [0, 0.05) is 19.1 Å². The van der Waals surface area contributed by atoms with Crippen molar-refractivity contribution in [1.29, 1.82) is 0 Å². The summed E-state index contributed by atoms with van der Waals surface area (Å²) in [4.78, 5) is 11.7. The minimum Gasteiger partial charge on any atom is -0.463 e. The van der Waals surface area contributed by atoms with Gasteiger partial charge in [0.25, 0.3) is 0 Å². The van der Waals surface area contributed by atoms with E-state index >= 15 is 0 Å². The first-order chi connectivity index (χ1) is 8.17. The summed E-state index contributed by atoms with van der Waals surface area (Å²) >= 11 is 6.01. The van der Waals surface area contributed by atoms with Crippen molar-refractivity contribution in [3.05, 3.63) is 28.3 Å². The van der Waals surface area contributed by atoms with Crippen LogP contribution in [0.25, 0.3) is 0 Å². The number of fused-ring (bicyclic) bond motifs is 1. The molecule has 0 amide bonds. The molecule has 0 aliphatic carbocycles. The zero-order valence-electron chi connectivity index (χ0n) is 9.66. The largest absolute Gasteiger partial charge is 0.463 e. The molecule has 0 fully saturated rings. The molecule has 0 radical (unpaired) electrons. The Morgan fingerprint density at radius 2 is 2.35 bits per heavy atom. The molecule has 4 nitrogen and oxygen atoms in total. The van der Waals surface area contributed by atoms with E-state index in [1.807, 2.05) is 0 Å². The number of halogens is 1. The summed E-state index contributed by atoms with van der Waals surface area (Å²) < 4.78 is 15.6. The van der Waals surface area contributed by atoms with E-state index in [4.69, 9.17) is 25.8 Å². The van der Waals surface area contributed by atoms with E-state index in [1.54, 1.807) is 26.2 Å². The van der Waals surface area contributed by atoms with Crippen molar-refractivity contribution in [3.8, 4) is 5.75 Å². The molecule has 5 heteroatoms.